The van der Waals surface area contributed by atoms with E-state index >= 15 is 0 Å². The average Bonchev–Trinajstić information content (AvgIpc) is 2.92. The Hall–Kier alpha value is -5.04. The maximum atomic E-state index is 12.8. The SMILES string of the molecule is CCOc1ccc2c(OC(=O)Oc3ccccc3)c3ccccc3c(OC(=O)Oc3ccccc3)c2c1. The molecule has 0 N–H and O–H groups in total. The monoisotopic (exact) mass is 494 g/mol. The Kier molecular flexibility index (Phi) is 6.85. The fraction of sp³-hybridized carbons (Fsp3) is 0.0667. The Balaban J connectivity index is 1.59. The Bertz CT molecular complexity index is 1560. The van der Waals surface area contributed by atoms with Crippen LogP contribution >= 0.6 is 0 Å². The van der Waals surface area contributed by atoms with Crippen molar-refractivity contribution < 1.29 is 33.3 Å². The van der Waals surface area contributed by atoms with E-state index in [2.05, 4.69) is 0 Å². The van der Waals surface area contributed by atoms with E-state index in [1.165, 1.54) is 0 Å². The highest BCUT2D eigenvalue weighted by Gasteiger charge is 2.22. The minimum atomic E-state index is -0.906. The topological polar surface area (TPSA) is 80.3 Å². The first-order chi connectivity index (χ1) is 18.1. The van der Waals surface area contributed by atoms with E-state index in [4.69, 9.17) is 23.7 Å². The van der Waals surface area contributed by atoms with Crippen LogP contribution < -0.4 is 23.7 Å². The molecule has 0 atom stereocenters. The number of fused-ring (bicyclic) bond motifs is 2. The van der Waals surface area contributed by atoms with Gasteiger partial charge in [-0.3, -0.25) is 0 Å². The van der Waals surface area contributed by atoms with Gasteiger partial charge in [-0.1, -0.05) is 60.7 Å². The van der Waals surface area contributed by atoms with E-state index in [0.29, 0.717) is 45.4 Å². The number of benzene rings is 5. The van der Waals surface area contributed by atoms with Crippen molar-refractivity contribution in [2.45, 2.75) is 6.92 Å². The molecule has 5 rings (SSSR count). The highest BCUT2D eigenvalue weighted by Crippen LogP contribution is 2.44. The second-order valence-corrected chi connectivity index (χ2v) is 7.88. The number of para-hydroxylation sites is 2. The van der Waals surface area contributed by atoms with Crippen LogP contribution in [0.1, 0.15) is 6.92 Å². The van der Waals surface area contributed by atoms with Crippen LogP contribution in [0, 0.1) is 0 Å². The molecule has 0 aliphatic heterocycles. The Morgan fingerprint density at radius 1 is 0.514 bits per heavy atom. The van der Waals surface area contributed by atoms with Crippen LogP contribution in [0.15, 0.2) is 103 Å². The maximum absolute atomic E-state index is 12.8. The largest absolute Gasteiger partial charge is 0.519 e. The van der Waals surface area contributed by atoms with E-state index in [-0.39, 0.29) is 11.5 Å². The molecule has 184 valence electrons. The number of ether oxygens (including phenoxy) is 5. The summed E-state index contributed by atoms with van der Waals surface area (Å²) in [7, 11) is 0. The molecule has 0 spiro atoms. The van der Waals surface area contributed by atoms with Gasteiger partial charge in [0, 0.05) is 21.5 Å². The summed E-state index contributed by atoms with van der Waals surface area (Å²) >= 11 is 0. The van der Waals surface area contributed by atoms with E-state index in [9.17, 15) is 9.59 Å². The van der Waals surface area contributed by atoms with Crippen LogP contribution in [-0.4, -0.2) is 18.9 Å². The number of hydrogen-bond donors (Lipinski definition) is 0. The van der Waals surface area contributed by atoms with Gasteiger partial charge >= 0.3 is 12.3 Å². The van der Waals surface area contributed by atoms with Crippen molar-refractivity contribution >= 4 is 33.9 Å². The fourth-order valence-corrected chi connectivity index (χ4v) is 3.93. The summed E-state index contributed by atoms with van der Waals surface area (Å²) in [4.78, 5) is 25.5. The molecular formula is C30H22O7. The summed E-state index contributed by atoms with van der Waals surface area (Å²) < 4.78 is 27.9. The molecule has 0 saturated carbocycles. The van der Waals surface area contributed by atoms with Crippen molar-refractivity contribution in [3.05, 3.63) is 103 Å². The molecule has 0 fully saturated rings. The highest BCUT2D eigenvalue weighted by atomic mass is 16.7. The molecule has 0 radical (unpaired) electrons. The fourth-order valence-electron chi connectivity index (χ4n) is 3.93. The average molecular weight is 494 g/mol. The third-order valence-corrected chi connectivity index (χ3v) is 5.47. The Morgan fingerprint density at radius 3 is 1.49 bits per heavy atom. The van der Waals surface area contributed by atoms with Gasteiger partial charge in [-0.25, -0.2) is 9.59 Å². The summed E-state index contributed by atoms with van der Waals surface area (Å²) in [5.41, 5.74) is 0. The smallest absolute Gasteiger partial charge is 0.494 e. The molecule has 5 aromatic carbocycles. The zero-order valence-electron chi connectivity index (χ0n) is 19.9. The number of rotatable bonds is 6. The van der Waals surface area contributed by atoms with Gasteiger partial charge in [-0.05, 0) is 49.4 Å². The first-order valence-electron chi connectivity index (χ1n) is 11.6. The lowest BCUT2D eigenvalue weighted by Gasteiger charge is -2.17. The van der Waals surface area contributed by atoms with Crippen molar-refractivity contribution in [3.63, 3.8) is 0 Å². The van der Waals surface area contributed by atoms with Crippen LogP contribution in [0.3, 0.4) is 0 Å². The van der Waals surface area contributed by atoms with E-state index in [1.807, 2.05) is 19.1 Å². The second kappa shape index (κ2) is 10.7. The number of hydrogen-bond acceptors (Lipinski definition) is 7. The van der Waals surface area contributed by atoms with Crippen LogP contribution in [0.5, 0.6) is 28.7 Å². The molecule has 0 amide bonds. The van der Waals surface area contributed by atoms with Crippen molar-refractivity contribution in [2.75, 3.05) is 6.61 Å². The molecule has 0 heterocycles. The standard InChI is InChI=1S/C30H22O7/c1-2-33-22-17-18-25-26(19-22)28(37-30(32)35-21-13-7-4-8-14-21)24-16-10-9-15-23(24)27(25)36-29(31)34-20-11-5-3-6-12-20/h3-19H,2H2,1H3. The van der Waals surface area contributed by atoms with Gasteiger partial charge in [0.1, 0.15) is 23.0 Å². The van der Waals surface area contributed by atoms with Crippen molar-refractivity contribution in [2.24, 2.45) is 0 Å². The molecular weight excluding hydrogens is 472 g/mol. The van der Waals surface area contributed by atoms with Gasteiger partial charge in [-0.15, -0.1) is 0 Å². The van der Waals surface area contributed by atoms with E-state index < -0.39 is 12.3 Å². The molecule has 37 heavy (non-hydrogen) atoms. The first kappa shape index (κ1) is 23.7. The van der Waals surface area contributed by atoms with Crippen LogP contribution in [-0.2, 0) is 0 Å². The molecule has 5 aromatic rings. The third kappa shape index (κ3) is 5.31. The molecule has 7 heteroatoms. The molecule has 0 bridgehead atoms. The molecule has 0 aliphatic rings. The van der Waals surface area contributed by atoms with Gasteiger partial charge in [0.15, 0.2) is 5.75 Å². The van der Waals surface area contributed by atoms with Gasteiger partial charge in [0.2, 0.25) is 0 Å². The van der Waals surface area contributed by atoms with Gasteiger partial charge in [-0.2, -0.15) is 0 Å². The summed E-state index contributed by atoms with van der Waals surface area (Å²) in [5.74, 6) is 1.77. The van der Waals surface area contributed by atoms with E-state index in [1.54, 1.807) is 91.0 Å². The minimum Gasteiger partial charge on any atom is -0.494 e. The summed E-state index contributed by atoms with van der Waals surface area (Å²) in [5, 5.41) is 2.11. The summed E-state index contributed by atoms with van der Waals surface area (Å²) in [6, 6.07) is 29.6. The summed E-state index contributed by atoms with van der Waals surface area (Å²) in [6.45, 7) is 2.31. The Morgan fingerprint density at radius 2 is 0.973 bits per heavy atom. The predicted octanol–water partition coefficient (Wildman–Crippen LogP) is 7.55. The third-order valence-electron chi connectivity index (χ3n) is 5.47. The van der Waals surface area contributed by atoms with Gasteiger partial charge < -0.3 is 23.7 Å². The van der Waals surface area contributed by atoms with E-state index in [0.717, 1.165) is 0 Å². The number of carbonyl (C=O) groups excluding carboxylic acids is 2. The second-order valence-electron chi connectivity index (χ2n) is 7.88. The lowest BCUT2D eigenvalue weighted by molar-refractivity contribution is 0.151. The molecule has 0 unspecified atom stereocenters. The van der Waals surface area contributed by atoms with Crippen molar-refractivity contribution in [3.8, 4) is 28.7 Å². The lowest BCUT2D eigenvalue weighted by Crippen LogP contribution is -2.16. The van der Waals surface area contributed by atoms with Crippen LogP contribution in [0.2, 0.25) is 0 Å². The zero-order chi connectivity index (χ0) is 25.6. The summed E-state index contributed by atoms with van der Waals surface area (Å²) in [6.07, 6.45) is -1.81. The predicted molar refractivity (Wildman–Crippen MR) is 139 cm³/mol. The molecule has 0 saturated heterocycles. The molecule has 7 nitrogen and oxygen atoms in total. The minimum absolute atomic E-state index is 0.247. The molecule has 0 aromatic heterocycles. The van der Waals surface area contributed by atoms with Gasteiger partial charge in [0.05, 0.1) is 6.61 Å². The number of carbonyl (C=O) groups is 2. The van der Waals surface area contributed by atoms with Crippen LogP contribution in [0.4, 0.5) is 9.59 Å². The maximum Gasteiger partial charge on any atom is 0.519 e. The lowest BCUT2D eigenvalue weighted by atomic mass is 10.0. The highest BCUT2D eigenvalue weighted by molar-refractivity contribution is 6.12. The molecule has 0 aliphatic carbocycles. The van der Waals surface area contributed by atoms with Gasteiger partial charge in [0.25, 0.3) is 0 Å². The van der Waals surface area contributed by atoms with Crippen molar-refractivity contribution in [1.82, 2.24) is 0 Å². The Labute approximate surface area is 212 Å². The first-order valence-corrected chi connectivity index (χ1v) is 11.6. The quantitative estimate of drug-likeness (QED) is 0.137. The normalized spacial score (nSPS) is 10.6. The zero-order valence-corrected chi connectivity index (χ0v) is 19.9. The van der Waals surface area contributed by atoms with Crippen molar-refractivity contribution in [1.29, 1.82) is 0 Å². The van der Waals surface area contributed by atoms with Crippen LogP contribution in [0.25, 0.3) is 21.5 Å².